The molecule has 1 aromatic carbocycles. The van der Waals surface area contributed by atoms with E-state index in [2.05, 4.69) is 5.32 Å². The monoisotopic (exact) mass is 309 g/mol. The van der Waals surface area contributed by atoms with Gasteiger partial charge in [0.25, 0.3) is 5.91 Å². The molecule has 1 amide bonds. The number of halogens is 1. The number of hydrogen-bond acceptors (Lipinski definition) is 4. The van der Waals surface area contributed by atoms with E-state index >= 15 is 0 Å². The fourth-order valence-corrected chi connectivity index (χ4v) is 2.42. The number of amides is 1. The molecule has 112 valence electrons. The molecule has 21 heavy (non-hydrogen) atoms. The van der Waals surface area contributed by atoms with E-state index < -0.39 is 6.10 Å². The number of carbonyl (C=O) groups is 1. The SMILES string of the molecule is Cc1ccc(C(=O)NCC(O)COc2ccc(F)cc2)s1. The molecule has 0 aliphatic rings. The van der Waals surface area contributed by atoms with Crippen molar-refractivity contribution in [2.24, 2.45) is 0 Å². The Balaban J connectivity index is 1.73. The molecule has 0 aliphatic carbocycles. The fraction of sp³-hybridized carbons (Fsp3) is 0.267. The Labute approximate surface area is 126 Å². The summed E-state index contributed by atoms with van der Waals surface area (Å²) in [7, 11) is 0. The van der Waals surface area contributed by atoms with Crippen molar-refractivity contribution in [1.29, 1.82) is 0 Å². The van der Waals surface area contributed by atoms with Gasteiger partial charge in [-0.2, -0.15) is 0 Å². The molecule has 0 fully saturated rings. The molecule has 1 heterocycles. The van der Waals surface area contributed by atoms with Gasteiger partial charge in [0.15, 0.2) is 0 Å². The number of hydrogen-bond donors (Lipinski definition) is 2. The molecule has 0 saturated carbocycles. The quantitative estimate of drug-likeness (QED) is 0.861. The number of aliphatic hydroxyl groups excluding tert-OH is 1. The van der Waals surface area contributed by atoms with Crippen LogP contribution in [0.2, 0.25) is 0 Å². The molecule has 0 saturated heterocycles. The van der Waals surface area contributed by atoms with Crippen molar-refractivity contribution < 1.29 is 19.0 Å². The van der Waals surface area contributed by atoms with E-state index in [1.807, 2.05) is 13.0 Å². The van der Waals surface area contributed by atoms with Crippen LogP contribution < -0.4 is 10.1 Å². The number of rotatable bonds is 6. The second-order valence-corrected chi connectivity index (χ2v) is 5.83. The first-order valence-corrected chi connectivity index (χ1v) is 7.27. The Morgan fingerprint density at radius 3 is 2.67 bits per heavy atom. The summed E-state index contributed by atoms with van der Waals surface area (Å²) in [6, 6.07) is 9.14. The van der Waals surface area contributed by atoms with Crippen LogP contribution in [0.3, 0.4) is 0 Å². The molecule has 2 rings (SSSR count). The number of nitrogens with one attached hydrogen (secondary N) is 1. The van der Waals surface area contributed by atoms with Crippen LogP contribution in [0, 0.1) is 12.7 Å². The van der Waals surface area contributed by atoms with Gasteiger partial charge < -0.3 is 15.2 Å². The van der Waals surface area contributed by atoms with Gasteiger partial charge in [-0.05, 0) is 43.3 Å². The average molecular weight is 309 g/mol. The number of carbonyl (C=O) groups excluding carboxylic acids is 1. The van der Waals surface area contributed by atoms with Crippen molar-refractivity contribution in [3.63, 3.8) is 0 Å². The first-order chi connectivity index (χ1) is 10.0. The van der Waals surface area contributed by atoms with Gasteiger partial charge in [0.1, 0.15) is 24.3 Å². The summed E-state index contributed by atoms with van der Waals surface area (Å²) in [6.45, 7) is 2.04. The molecule has 1 atom stereocenters. The summed E-state index contributed by atoms with van der Waals surface area (Å²) >= 11 is 1.40. The minimum atomic E-state index is -0.833. The van der Waals surface area contributed by atoms with Crippen LogP contribution in [0.4, 0.5) is 4.39 Å². The van der Waals surface area contributed by atoms with Crippen molar-refractivity contribution in [2.75, 3.05) is 13.2 Å². The van der Waals surface area contributed by atoms with Gasteiger partial charge in [-0.15, -0.1) is 11.3 Å². The highest BCUT2D eigenvalue weighted by atomic mass is 32.1. The van der Waals surface area contributed by atoms with Crippen LogP contribution in [0.5, 0.6) is 5.75 Å². The van der Waals surface area contributed by atoms with Crippen LogP contribution >= 0.6 is 11.3 Å². The number of aryl methyl sites for hydroxylation is 1. The lowest BCUT2D eigenvalue weighted by Gasteiger charge is -2.13. The van der Waals surface area contributed by atoms with Crippen molar-refractivity contribution in [3.05, 3.63) is 52.0 Å². The average Bonchev–Trinajstić information content (AvgIpc) is 2.91. The maximum absolute atomic E-state index is 12.7. The van der Waals surface area contributed by atoms with Crippen molar-refractivity contribution in [2.45, 2.75) is 13.0 Å². The summed E-state index contributed by atoms with van der Waals surface area (Å²) < 4.78 is 18.0. The number of thiophene rings is 1. The van der Waals surface area contributed by atoms with E-state index in [4.69, 9.17) is 4.74 Å². The molecule has 2 N–H and O–H groups in total. The Hall–Kier alpha value is -1.92. The van der Waals surface area contributed by atoms with Gasteiger partial charge in [-0.25, -0.2) is 4.39 Å². The van der Waals surface area contributed by atoms with E-state index in [9.17, 15) is 14.3 Å². The van der Waals surface area contributed by atoms with Crippen molar-refractivity contribution in [3.8, 4) is 5.75 Å². The highest BCUT2D eigenvalue weighted by molar-refractivity contribution is 7.13. The van der Waals surface area contributed by atoms with Crippen LogP contribution in [0.15, 0.2) is 36.4 Å². The molecular formula is C15H16FNO3S. The number of benzene rings is 1. The lowest BCUT2D eigenvalue weighted by molar-refractivity contribution is 0.0847. The zero-order valence-corrected chi connectivity index (χ0v) is 12.3. The molecule has 1 unspecified atom stereocenters. The van der Waals surface area contributed by atoms with Crippen molar-refractivity contribution >= 4 is 17.2 Å². The summed E-state index contributed by atoms with van der Waals surface area (Å²) in [4.78, 5) is 13.4. The molecule has 0 spiro atoms. The highest BCUT2D eigenvalue weighted by Gasteiger charge is 2.11. The maximum atomic E-state index is 12.7. The molecule has 0 radical (unpaired) electrons. The Morgan fingerprint density at radius 2 is 2.05 bits per heavy atom. The predicted octanol–water partition coefficient (Wildman–Crippen LogP) is 2.37. The standard InChI is InChI=1S/C15H16FNO3S/c1-10-2-7-14(21-10)15(19)17-8-12(18)9-20-13-5-3-11(16)4-6-13/h2-7,12,18H,8-9H2,1H3,(H,17,19). The van der Waals surface area contributed by atoms with E-state index in [1.54, 1.807) is 6.07 Å². The molecule has 4 nitrogen and oxygen atoms in total. The summed E-state index contributed by atoms with van der Waals surface area (Å²) in [5.41, 5.74) is 0. The number of aliphatic hydroxyl groups is 1. The van der Waals surface area contributed by atoms with Gasteiger partial charge in [0.05, 0.1) is 4.88 Å². The smallest absolute Gasteiger partial charge is 0.261 e. The topological polar surface area (TPSA) is 58.6 Å². The zero-order valence-electron chi connectivity index (χ0n) is 11.5. The first-order valence-electron chi connectivity index (χ1n) is 6.45. The van der Waals surface area contributed by atoms with Gasteiger partial charge in [0, 0.05) is 11.4 Å². The van der Waals surface area contributed by atoms with Crippen LogP contribution in [-0.2, 0) is 0 Å². The van der Waals surface area contributed by atoms with E-state index in [-0.39, 0.29) is 24.9 Å². The van der Waals surface area contributed by atoms with Gasteiger partial charge in [-0.1, -0.05) is 0 Å². The molecule has 1 aromatic heterocycles. The third kappa shape index (κ3) is 4.84. The third-order valence-electron chi connectivity index (χ3n) is 2.72. The first kappa shape index (κ1) is 15.5. The van der Waals surface area contributed by atoms with Crippen molar-refractivity contribution in [1.82, 2.24) is 5.32 Å². The van der Waals surface area contributed by atoms with Crippen LogP contribution in [0.25, 0.3) is 0 Å². The van der Waals surface area contributed by atoms with Crippen LogP contribution in [0.1, 0.15) is 14.5 Å². The molecular weight excluding hydrogens is 293 g/mol. The Bertz CT molecular complexity index is 597. The van der Waals surface area contributed by atoms with Crippen LogP contribution in [-0.4, -0.2) is 30.3 Å². The second kappa shape index (κ2) is 7.19. The maximum Gasteiger partial charge on any atom is 0.261 e. The minimum absolute atomic E-state index is 0.0232. The van der Waals surface area contributed by atoms with Gasteiger partial charge in [0.2, 0.25) is 0 Å². The summed E-state index contributed by atoms with van der Waals surface area (Å²) in [5.74, 6) is -0.0917. The molecule has 6 heteroatoms. The zero-order chi connectivity index (χ0) is 15.2. The lowest BCUT2D eigenvalue weighted by atomic mass is 10.3. The normalized spacial score (nSPS) is 12.0. The minimum Gasteiger partial charge on any atom is -0.491 e. The molecule has 0 aliphatic heterocycles. The van der Waals surface area contributed by atoms with Gasteiger partial charge in [-0.3, -0.25) is 4.79 Å². The third-order valence-corrected chi connectivity index (χ3v) is 3.72. The van der Waals surface area contributed by atoms with Gasteiger partial charge >= 0.3 is 0 Å². The number of ether oxygens (including phenoxy) is 1. The van der Waals surface area contributed by atoms with E-state index in [1.165, 1.54) is 35.6 Å². The summed E-state index contributed by atoms with van der Waals surface area (Å²) in [5, 5.41) is 12.4. The van der Waals surface area contributed by atoms with E-state index in [0.717, 1.165) is 4.88 Å². The molecule has 2 aromatic rings. The fourth-order valence-electron chi connectivity index (χ4n) is 1.64. The Kier molecular flexibility index (Phi) is 5.30. The lowest BCUT2D eigenvalue weighted by Crippen LogP contribution is -2.34. The van der Waals surface area contributed by atoms with E-state index in [0.29, 0.717) is 10.6 Å². The second-order valence-electron chi connectivity index (χ2n) is 4.54. The summed E-state index contributed by atoms with van der Waals surface area (Å²) in [6.07, 6.45) is -0.833. The highest BCUT2D eigenvalue weighted by Crippen LogP contribution is 2.14. The Morgan fingerprint density at radius 1 is 1.33 bits per heavy atom. The predicted molar refractivity (Wildman–Crippen MR) is 79.3 cm³/mol. The molecule has 0 bridgehead atoms. The largest absolute Gasteiger partial charge is 0.491 e.